The second-order valence-electron chi connectivity index (χ2n) is 17.0. The number of hydrogen-bond acceptors (Lipinski definition) is 8. The van der Waals surface area contributed by atoms with Crippen LogP contribution in [0.3, 0.4) is 0 Å². The van der Waals surface area contributed by atoms with Gasteiger partial charge in [-0.3, -0.25) is 19.3 Å². The van der Waals surface area contributed by atoms with E-state index in [1.165, 1.54) is 25.7 Å². The molecular formula is C37H58FN5O5. The van der Waals surface area contributed by atoms with E-state index >= 15 is 4.39 Å². The average molecular weight is 672 g/mol. The number of ether oxygens (including phenoxy) is 2. The zero-order chi connectivity index (χ0) is 33.6. The van der Waals surface area contributed by atoms with Gasteiger partial charge < -0.3 is 29.9 Å². The van der Waals surface area contributed by atoms with Gasteiger partial charge in [0.25, 0.3) is 5.91 Å². The van der Waals surface area contributed by atoms with Gasteiger partial charge in [-0.15, -0.1) is 0 Å². The molecule has 10 atom stereocenters. The fourth-order valence-corrected chi connectivity index (χ4v) is 10.1. The summed E-state index contributed by atoms with van der Waals surface area (Å²) in [6, 6.07) is -0.806. The van der Waals surface area contributed by atoms with E-state index in [1.807, 2.05) is 27.0 Å². The molecule has 4 heterocycles. The molecule has 268 valence electrons. The molecule has 4 aliphatic heterocycles. The molecule has 11 heteroatoms. The van der Waals surface area contributed by atoms with E-state index in [1.54, 1.807) is 4.90 Å². The lowest BCUT2D eigenvalue weighted by Gasteiger charge is -2.61. The van der Waals surface area contributed by atoms with Crippen molar-refractivity contribution in [1.82, 2.24) is 25.3 Å². The number of nitrogens with zero attached hydrogens (tertiary/aromatic N) is 3. The highest BCUT2D eigenvalue weighted by molar-refractivity contribution is 6.20. The van der Waals surface area contributed by atoms with Gasteiger partial charge in [-0.2, -0.15) is 0 Å². The molecule has 3 saturated carbocycles. The molecule has 7 aliphatic rings. The molecular weight excluding hydrogens is 613 g/mol. The summed E-state index contributed by atoms with van der Waals surface area (Å²) in [5.41, 5.74) is 0.0666. The van der Waals surface area contributed by atoms with E-state index in [4.69, 9.17) is 9.47 Å². The lowest BCUT2D eigenvalue weighted by molar-refractivity contribution is -0.208. The first-order valence-corrected chi connectivity index (χ1v) is 19.0. The number of alkyl halides is 1. The van der Waals surface area contributed by atoms with Gasteiger partial charge in [0.2, 0.25) is 5.91 Å². The van der Waals surface area contributed by atoms with Crippen LogP contribution in [0.2, 0.25) is 0 Å². The van der Waals surface area contributed by atoms with Crippen LogP contribution in [0.5, 0.6) is 0 Å². The third-order valence-corrected chi connectivity index (χ3v) is 12.4. The fraction of sp³-hybridized carbons (Fsp3) is 0.865. The van der Waals surface area contributed by atoms with Gasteiger partial charge >= 0.3 is 0 Å². The standard InChI is InChI=1S/C37H58FN5O5/c1-37(2,3)20-31(44)40-25-9-12-42(21-25)36(46)27-22-43-29-17-23-7-4-5-8-24(23)18-30(29)48-35-32(28(38)19-26(33(35)43)34(27)45)39-10-6-11-41-13-15-47-16-14-41/h22-26,28-30,32-33,35,39H,4-21H2,1-3H3,(H,40,44)/t23?,24?,25-,26?,28?,29?,30?,32?,33?,35?/m1/s1. The predicted octanol–water partition coefficient (Wildman–Crippen LogP) is 3.05. The normalized spacial score (nSPS) is 38.5. The monoisotopic (exact) mass is 671 g/mol. The van der Waals surface area contributed by atoms with E-state index in [0.717, 1.165) is 52.1 Å². The van der Waals surface area contributed by atoms with E-state index in [0.29, 0.717) is 44.3 Å². The number of rotatable bonds is 8. The minimum atomic E-state index is -1.24. The maximum Gasteiger partial charge on any atom is 0.259 e. The van der Waals surface area contributed by atoms with Crippen LogP contribution in [0, 0.1) is 23.2 Å². The van der Waals surface area contributed by atoms with Crippen LogP contribution in [0.4, 0.5) is 4.39 Å². The fourth-order valence-electron chi connectivity index (χ4n) is 10.1. The SMILES string of the molecule is CC(C)(C)CC(=O)N[C@@H]1CCN(C(=O)C2=CN3C4CC5CCCCC5CC4OC4C(NCCCN5CCOCC5)C(F)CC(C2=O)C43)C1. The van der Waals surface area contributed by atoms with E-state index in [2.05, 4.69) is 20.4 Å². The molecule has 0 aromatic carbocycles. The van der Waals surface area contributed by atoms with Crippen molar-refractivity contribution in [2.45, 2.75) is 128 Å². The molecule has 0 spiro atoms. The number of carbonyl (C=O) groups excluding carboxylic acids is 3. The first-order valence-electron chi connectivity index (χ1n) is 19.0. The number of morpholine rings is 2. The van der Waals surface area contributed by atoms with Crippen LogP contribution in [-0.2, 0) is 23.9 Å². The molecule has 0 aromatic rings. The van der Waals surface area contributed by atoms with Crippen molar-refractivity contribution in [3.8, 4) is 0 Å². The van der Waals surface area contributed by atoms with Gasteiger partial charge in [-0.05, 0) is 62.4 Å². The van der Waals surface area contributed by atoms with Crippen molar-refractivity contribution in [3.63, 3.8) is 0 Å². The van der Waals surface area contributed by atoms with Crippen molar-refractivity contribution in [2.24, 2.45) is 23.2 Å². The summed E-state index contributed by atoms with van der Waals surface area (Å²) in [4.78, 5) is 47.4. The number of likely N-dealkylation sites (tertiary alicyclic amines) is 1. The summed E-state index contributed by atoms with van der Waals surface area (Å²) in [6.45, 7) is 12.0. The van der Waals surface area contributed by atoms with E-state index < -0.39 is 24.2 Å². The Kier molecular flexibility index (Phi) is 10.2. The number of ketones is 1. The smallest absolute Gasteiger partial charge is 0.259 e. The van der Waals surface area contributed by atoms with E-state index in [-0.39, 0.29) is 59.2 Å². The van der Waals surface area contributed by atoms with Crippen LogP contribution in [0.15, 0.2) is 11.8 Å². The van der Waals surface area contributed by atoms with E-state index in [9.17, 15) is 14.4 Å². The Morgan fingerprint density at radius 1 is 1.02 bits per heavy atom. The Morgan fingerprint density at radius 3 is 2.52 bits per heavy atom. The molecule has 9 unspecified atom stereocenters. The van der Waals surface area contributed by atoms with Crippen molar-refractivity contribution >= 4 is 17.6 Å². The second kappa shape index (κ2) is 14.3. The van der Waals surface area contributed by atoms with Gasteiger partial charge in [0.15, 0.2) is 5.78 Å². The lowest BCUT2D eigenvalue weighted by Crippen LogP contribution is -2.73. The lowest BCUT2D eigenvalue weighted by atomic mass is 9.65. The topological polar surface area (TPSA) is 103 Å². The molecule has 0 radical (unpaired) electrons. The third kappa shape index (κ3) is 7.21. The van der Waals surface area contributed by atoms with Crippen LogP contribution >= 0.6 is 0 Å². The van der Waals surface area contributed by atoms with Crippen LogP contribution < -0.4 is 10.6 Å². The van der Waals surface area contributed by atoms with Gasteiger partial charge in [0.05, 0.1) is 49.1 Å². The number of nitrogens with one attached hydrogen (secondary N) is 2. The summed E-state index contributed by atoms with van der Waals surface area (Å²) in [5, 5.41) is 6.65. The predicted molar refractivity (Wildman–Crippen MR) is 180 cm³/mol. The summed E-state index contributed by atoms with van der Waals surface area (Å²) in [7, 11) is 0. The van der Waals surface area contributed by atoms with Crippen molar-refractivity contribution in [3.05, 3.63) is 11.8 Å². The summed E-state index contributed by atoms with van der Waals surface area (Å²) in [5.74, 6) is 0.107. The molecule has 10 nitrogen and oxygen atoms in total. The molecule has 6 fully saturated rings. The highest BCUT2D eigenvalue weighted by Gasteiger charge is 2.59. The van der Waals surface area contributed by atoms with Crippen molar-refractivity contribution in [2.75, 3.05) is 52.5 Å². The second-order valence-corrected chi connectivity index (χ2v) is 17.0. The average Bonchev–Trinajstić information content (AvgIpc) is 3.51. The first kappa shape index (κ1) is 34.4. The van der Waals surface area contributed by atoms with Gasteiger partial charge in [0, 0.05) is 50.8 Å². The Labute approximate surface area is 285 Å². The Morgan fingerprint density at radius 2 is 1.77 bits per heavy atom. The number of hydrogen-bond donors (Lipinski definition) is 2. The molecule has 3 aliphatic carbocycles. The molecule has 3 saturated heterocycles. The third-order valence-electron chi connectivity index (χ3n) is 12.4. The zero-order valence-electron chi connectivity index (χ0n) is 29.3. The largest absolute Gasteiger partial charge is 0.379 e. The zero-order valence-corrected chi connectivity index (χ0v) is 29.3. The summed E-state index contributed by atoms with van der Waals surface area (Å²) in [6.07, 6.45) is 9.16. The molecule has 0 bridgehead atoms. The molecule has 48 heavy (non-hydrogen) atoms. The van der Waals surface area contributed by atoms with Crippen LogP contribution in [0.1, 0.15) is 85.0 Å². The summed E-state index contributed by atoms with van der Waals surface area (Å²) >= 11 is 0. The number of fused-ring (bicyclic) bond motifs is 3. The maximum absolute atomic E-state index is 16.3. The van der Waals surface area contributed by atoms with Gasteiger partial charge in [-0.1, -0.05) is 46.5 Å². The van der Waals surface area contributed by atoms with Crippen molar-refractivity contribution < 1.29 is 28.2 Å². The minimum Gasteiger partial charge on any atom is -0.379 e. The highest BCUT2D eigenvalue weighted by atomic mass is 19.1. The summed E-state index contributed by atoms with van der Waals surface area (Å²) < 4.78 is 28.7. The highest BCUT2D eigenvalue weighted by Crippen LogP contribution is 2.50. The number of carbonyl (C=O) groups is 3. The molecule has 2 amide bonds. The number of halogens is 1. The molecule has 0 aromatic heterocycles. The Bertz CT molecular complexity index is 1230. The number of Topliss-reactive ketones (excluding diaryl/α,β-unsaturated/α-hetero) is 1. The number of amides is 2. The quantitative estimate of drug-likeness (QED) is 0.300. The maximum atomic E-state index is 16.3. The van der Waals surface area contributed by atoms with Gasteiger partial charge in [-0.25, -0.2) is 4.39 Å². The minimum absolute atomic E-state index is 0.0123. The van der Waals surface area contributed by atoms with Crippen LogP contribution in [-0.4, -0.2) is 127 Å². The molecule has 2 N–H and O–H groups in total. The van der Waals surface area contributed by atoms with Crippen LogP contribution in [0.25, 0.3) is 0 Å². The van der Waals surface area contributed by atoms with Gasteiger partial charge in [0.1, 0.15) is 6.17 Å². The molecule has 7 rings (SSSR count). The van der Waals surface area contributed by atoms with Crippen molar-refractivity contribution in [1.29, 1.82) is 0 Å². The Hall–Kier alpha value is -2.08. The Balaban J connectivity index is 1.09. The first-order chi connectivity index (χ1) is 23.1.